The van der Waals surface area contributed by atoms with Gasteiger partial charge in [-0.2, -0.15) is 4.68 Å². The van der Waals surface area contributed by atoms with Gasteiger partial charge in [0.2, 0.25) is 5.16 Å². The molecule has 2 heterocycles. The van der Waals surface area contributed by atoms with Gasteiger partial charge in [-0.25, -0.2) is 0 Å². The quantitative estimate of drug-likeness (QED) is 0.795. The Hall–Kier alpha value is -2.41. The monoisotopic (exact) mass is 285 g/mol. The predicted molar refractivity (Wildman–Crippen MR) is 73.9 cm³/mol. The topological polar surface area (TPSA) is 76.7 Å². The minimum atomic E-state index is 0.209. The highest BCUT2D eigenvalue weighted by Gasteiger charge is 2.10. The third kappa shape index (κ3) is 2.62. The fraction of sp³-hybridized carbons (Fsp3) is 0.0769. The summed E-state index contributed by atoms with van der Waals surface area (Å²) in [4.78, 5) is 5.18. The number of pyridine rings is 1. The normalized spacial score (nSPS) is 10.7. The van der Waals surface area contributed by atoms with E-state index in [2.05, 4.69) is 20.5 Å². The molecule has 0 saturated carbocycles. The maximum atomic E-state index is 9.32. The van der Waals surface area contributed by atoms with E-state index in [1.54, 1.807) is 35.1 Å². The molecule has 7 heteroatoms. The lowest BCUT2D eigenvalue weighted by Gasteiger charge is -2.04. The second-order valence-corrected chi connectivity index (χ2v) is 5.17. The van der Waals surface area contributed by atoms with Crippen LogP contribution in [0.5, 0.6) is 5.75 Å². The number of aromatic nitrogens is 5. The highest BCUT2D eigenvalue weighted by atomic mass is 32.2. The molecule has 1 N–H and O–H groups in total. The minimum Gasteiger partial charge on any atom is -0.508 e. The van der Waals surface area contributed by atoms with Crippen molar-refractivity contribution in [2.24, 2.45) is 0 Å². The zero-order valence-electron chi connectivity index (χ0n) is 10.6. The van der Waals surface area contributed by atoms with E-state index in [1.807, 2.05) is 19.1 Å². The van der Waals surface area contributed by atoms with Crippen molar-refractivity contribution in [2.75, 3.05) is 0 Å². The summed E-state index contributed by atoms with van der Waals surface area (Å²) in [6, 6.07) is 10.6. The van der Waals surface area contributed by atoms with Crippen molar-refractivity contribution >= 4 is 11.8 Å². The number of aromatic hydroxyl groups is 1. The molecule has 0 spiro atoms. The molecule has 3 aromatic rings. The zero-order chi connectivity index (χ0) is 13.9. The van der Waals surface area contributed by atoms with Crippen molar-refractivity contribution in [3.63, 3.8) is 0 Å². The van der Waals surface area contributed by atoms with Crippen LogP contribution in [-0.2, 0) is 0 Å². The SMILES string of the molecule is Cc1cc(Sc2nnnn2-c2ccc(O)cc2)ccn1. The molecule has 100 valence electrons. The van der Waals surface area contributed by atoms with Gasteiger partial charge in [0.1, 0.15) is 5.75 Å². The average molecular weight is 285 g/mol. The first-order valence-electron chi connectivity index (χ1n) is 5.91. The van der Waals surface area contributed by atoms with Crippen LogP contribution < -0.4 is 0 Å². The molecule has 0 aliphatic rings. The Labute approximate surface area is 119 Å². The van der Waals surface area contributed by atoms with Crippen LogP contribution in [-0.4, -0.2) is 30.3 Å². The lowest BCUT2D eigenvalue weighted by molar-refractivity contribution is 0.475. The van der Waals surface area contributed by atoms with E-state index >= 15 is 0 Å². The van der Waals surface area contributed by atoms with E-state index in [0.717, 1.165) is 16.3 Å². The van der Waals surface area contributed by atoms with Gasteiger partial charge in [-0.3, -0.25) is 4.98 Å². The largest absolute Gasteiger partial charge is 0.508 e. The van der Waals surface area contributed by atoms with Gasteiger partial charge in [0.05, 0.1) is 5.69 Å². The van der Waals surface area contributed by atoms with Crippen molar-refractivity contribution in [3.05, 3.63) is 48.3 Å². The van der Waals surface area contributed by atoms with E-state index in [-0.39, 0.29) is 5.75 Å². The number of benzene rings is 1. The molecule has 0 unspecified atom stereocenters. The molecular formula is C13H11N5OS. The van der Waals surface area contributed by atoms with Crippen molar-refractivity contribution in [2.45, 2.75) is 17.0 Å². The molecule has 6 nitrogen and oxygen atoms in total. The maximum absolute atomic E-state index is 9.32. The summed E-state index contributed by atoms with van der Waals surface area (Å²) in [7, 11) is 0. The molecule has 20 heavy (non-hydrogen) atoms. The van der Waals surface area contributed by atoms with Crippen LogP contribution >= 0.6 is 11.8 Å². The zero-order valence-corrected chi connectivity index (χ0v) is 11.4. The van der Waals surface area contributed by atoms with Crippen LogP contribution in [0.25, 0.3) is 5.69 Å². The summed E-state index contributed by atoms with van der Waals surface area (Å²) < 4.78 is 1.62. The molecule has 0 aliphatic carbocycles. The van der Waals surface area contributed by atoms with Crippen LogP contribution in [0.1, 0.15) is 5.69 Å². The van der Waals surface area contributed by atoms with E-state index in [0.29, 0.717) is 5.16 Å². The Balaban J connectivity index is 1.92. The molecule has 0 bridgehead atoms. The Kier molecular flexibility index (Phi) is 3.34. The lowest BCUT2D eigenvalue weighted by atomic mass is 10.3. The summed E-state index contributed by atoms with van der Waals surface area (Å²) in [6.07, 6.45) is 1.76. The molecule has 3 rings (SSSR count). The van der Waals surface area contributed by atoms with E-state index in [1.165, 1.54) is 11.8 Å². The molecule has 2 aromatic heterocycles. The van der Waals surface area contributed by atoms with Gasteiger partial charge < -0.3 is 5.11 Å². The van der Waals surface area contributed by atoms with Crippen LogP contribution in [0.4, 0.5) is 0 Å². The number of phenols is 1. The predicted octanol–water partition coefficient (Wildman–Crippen LogP) is 2.22. The fourth-order valence-corrected chi connectivity index (χ4v) is 2.56. The van der Waals surface area contributed by atoms with Gasteiger partial charge in [-0.1, -0.05) is 0 Å². The van der Waals surface area contributed by atoms with Gasteiger partial charge in [-0.15, -0.1) is 5.10 Å². The third-order valence-electron chi connectivity index (χ3n) is 2.61. The number of hydrogen-bond acceptors (Lipinski definition) is 6. The molecule has 0 radical (unpaired) electrons. The number of rotatable bonds is 3. The number of tetrazole rings is 1. The highest BCUT2D eigenvalue weighted by Crippen LogP contribution is 2.27. The van der Waals surface area contributed by atoms with Crippen molar-refractivity contribution in [1.29, 1.82) is 0 Å². The standard InChI is InChI=1S/C13H11N5OS/c1-9-8-12(6-7-14-9)20-13-15-16-17-18(13)10-2-4-11(19)5-3-10/h2-8,19H,1H3. The van der Waals surface area contributed by atoms with Crippen LogP contribution in [0.3, 0.4) is 0 Å². The van der Waals surface area contributed by atoms with Gasteiger partial charge in [-0.05, 0) is 65.5 Å². The second kappa shape index (κ2) is 5.30. The molecule has 1 aromatic carbocycles. The first-order valence-corrected chi connectivity index (χ1v) is 6.72. The first-order chi connectivity index (χ1) is 9.72. The molecule has 0 atom stereocenters. The summed E-state index contributed by atoms with van der Waals surface area (Å²) in [5.41, 5.74) is 1.74. The molecule has 0 fully saturated rings. The van der Waals surface area contributed by atoms with Gasteiger partial charge in [0.15, 0.2) is 0 Å². The Bertz CT molecular complexity index is 726. The molecular weight excluding hydrogens is 274 g/mol. The van der Waals surface area contributed by atoms with Crippen LogP contribution in [0.2, 0.25) is 0 Å². The van der Waals surface area contributed by atoms with E-state index in [4.69, 9.17) is 0 Å². The van der Waals surface area contributed by atoms with Gasteiger partial charge in [0.25, 0.3) is 0 Å². The van der Waals surface area contributed by atoms with E-state index in [9.17, 15) is 5.11 Å². The molecule has 0 aliphatic heterocycles. The number of hydrogen-bond donors (Lipinski definition) is 1. The summed E-state index contributed by atoms with van der Waals surface area (Å²) >= 11 is 1.46. The summed E-state index contributed by atoms with van der Waals surface area (Å²) in [6.45, 7) is 1.94. The Morgan fingerprint density at radius 2 is 1.95 bits per heavy atom. The summed E-state index contributed by atoms with van der Waals surface area (Å²) in [5, 5.41) is 21.7. The fourth-order valence-electron chi connectivity index (χ4n) is 1.69. The number of phenolic OH excluding ortho intramolecular Hbond substituents is 1. The smallest absolute Gasteiger partial charge is 0.218 e. The summed E-state index contributed by atoms with van der Waals surface area (Å²) in [5.74, 6) is 0.209. The van der Waals surface area contributed by atoms with Gasteiger partial charge in [0, 0.05) is 16.8 Å². The minimum absolute atomic E-state index is 0.209. The highest BCUT2D eigenvalue weighted by molar-refractivity contribution is 7.99. The first kappa shape index (κ1) is 12.6. The molecule has 0 saturated heterocycles. The van der Waals surface area contributed by atoms with Crippen LogP contribution in [0, 0.1) is 6.92 Å². The molecule has 0 amide bonds. The number of nitrogens with zero attached hydrogens (tertiary/aromatic N) is 5. The maximum Gasteiger partial charge on any atom is 0.218 e. The van der Waals surface area contributed by atoms with Crippen molar-refractivity contribution in [3.8, 4) is 11.4 Å². The van der Waals surface area contributed by atoms with Crippen molar-refractivity contribution < 1.29 is 5.11 Å². The number of aryl methyl sites for hydroxylation is 1. The van der Waals surface area contributed by atoms with Crippen LogP contribution in [0.15, 0.2) is 52.6 Å². The van der Waals surface area contributed by atoms with Crippen molar-refractivity contribution in [1.82, 2.24) is 25.2 Å². The second-order valence-electron chi connectivity index (χ2n) is 4.12. The Morgan fingerprint density at radius 3 is 2.70 bits per heavy atom. The Morgan fingerprint density at radius 1 is 1.15 bits per heavy atom. The average Bonchev–Trinajstić information content (AvgIpc) is 2.88. The lowest BCUT2D eigenvalue weighted by Crippen LogP contribution is -1.98. The van der Waals surface area contributed by atoms with Gasteiger partial charge >= 0.3 is 0 Å². The van der Waals surface area contributed by atoms with E-state index < -0.39 is 0 Å². The third-order valence-corrected chi connectivity index (χ3v) is 3.54.